The van der Waals surface area contributed by atoms with E-state index in [0.717, 1.165) is 11.3 Å². The molecule has 0 aromatic heterocycles. The fraction of sp³-hybridized carbons (Fsp3) is 0.278. The summed E-state index contributed by atoms with van der Waals surface area (Å²) in [5.74, 6) is 1.41. The molecule has 0 unspecified atom stereocenters. The van der Waals surface area contributed by atoms with Crippen molar-refractivity contribution in [1.82, 2.24) is 0 Å². The van der Waals surface area contributed by atoms with Gasteiger partial charge in [-0.05, 0) is 42.8 Å². The number of esters is 1. The molecule has 0 aliphatic rings. The van der Waals surface area contributed by atoms with Crippen molar-refractivity contribution in [3.05, 3.63) is 53.6 Å². The Morgan fingerprint density at radius 2 is 1.74 bits per heavy atom. The van der Waals surface area contributed by atoms with E-state index >= 15 is 0 Å². The Labute approximate surface area is 135 Å². The lowest BCUT2D eigenvalue weighted by atomic mass is 10.2. The van der Waals surface area contributed by atoms with Gasteiger partial charge in [0, 0.05) is 0 Å². The van der Waals surface area contributed by atoms with Gasteiger partial charge in [0.05, 0.1) is 19.8 Å². The van der Waals surface area contributed by atoms with E-state index in [1.165, 1.54) is 14.2 Å². The van der Waals surface area contributed by atoms with Crippen LogP contribution in [0.25, 0.3) is 0 Å². The molecular weight excluding hydrogens is 296 g/mol. The second kappa shape index (κ2) is 8.08. The number of hydrogen-bond donors (Lipinski definition) is 0. The lowest BCUT2D eigenvalue weighted by molar-refractivity contribution is 0.0600. The molecule has 5 heteroatoms. The molecule has 2 rings (SSSR count). The second-order valence-electron chi connectivity index (χ2n) is 4.87. The first kappa shape index (κ1) is 16.7. The van der Waals surface area contributed by atoms with Crippen LogP contribution in [0.15, 0.2) is 42.5 Å². The van der Waals surface area contributed by atoms with E-state index < -0.39 is 5.97 Å². The first-order valence-corrected chi connectivity index (χ1v) is 7.22. The zero-order chi connectivity index (χ0) is 16.7. The maximum Gasteiger partial charge on any atom is 0.337 e. The highest BCUT2D eigenvalue weighted by Crippen LogP contribution is 2.28. The fourth-order valence-corrected chi connectivity index (χ4v) is 2.05. The minimum Gasteiger partial charge on any atom is -0.493 e. The molecule has 0 fully saturated rings. The normalized spacial score (nSPS) is 10.0. The van der Waals surface area contributed by atoms with Gasteiger partial charge in [-0.25, -0.2) is 4.79 Å². The van der Waals surface area contributed by atoms with Crippen molar-refractivity contribution >= 4 is 5.97 Å². The smallest absolute Gasteiger partial charge is 0.337 e. The zero-order valence-corrected chi connectivity index (χ0v) is 13.5. The molecule has 0 spiro atoms. The molecule has 122 valence electrons. The molecule has 23 heavy (non-hydrogen) atoms. The molecule has 5 nitrogen and oxygen atoms in total. The minimum absolute atomic E-state index is 0.363. The highest BCUT2D eigenvalue weighted by atomic mass is 16.5. The van der Waals surface area contributed by atoms with Gasteiger partial charge in [0.15, 0.2) is 11.5 Å². The Balaban J connectivity index is 1.91. The van der Waals surface area contributed by atoms with Gasteiger partial charge in [0.25, 0.3) is 0 Å². The number of ether oxygens (including phenoxy) is 4. The van der Waals surface area contributed by atoms with Crippen molar-refractivity contribution in [3.8, 4) is 17.2 Å². The van der Waals surface area contributed by atoms with Crippen LogP contribution in [-0.4, -0.2) is 33.4 Å². The van der Waals surface area contributed by atoms with Gasteiger partial charge in [-0.1, -0.05) is 12.1 Å². The average Bonchev–Trinajstić information content (AvgIpc) is 2.58. The molecule has 0 radical (unpaired) electrons. The third kappa shape index (κ3) is 4.64. The summed E-state index contributed by atoms with van der Waals surface area (Å²) in [5, 5.41) is 0. The number of carbonyl (C=O) groups excluding carboxylic acids is 1. The lowest BCUT2D eigenvalue weighted by Crippen LogP contribution is -2.10. The van der Waals surface area contributed by atoms with Crippen molar-refractivity contribution in [3.63, 3.8) is 0 Å². The Hall–Kier alpha value is -2.69. The van der Waals surface area contributed by atoms with E-state index in [9.17, 15) is 4.79 Å². The Bertz CT molecular complexity index is 666. The van der Waals surface area contributed by atoms with Crippen LogP contribution in [0.4, 0.5) is 0 Å². The maximum absolute atomic E-state index is 11.5. The van der Waals surface area contributed by atoms with Crippen molar-refractivity contribution in [2.45, 2.75) is 6.92 Å². The quantitative estimate of drug-likeness (QED) is 0.580. The van der Waals surface area contributed by atoms with Crippen molar-refractivity contribution < 1.29 is 23.7 Å². The number of rotatable bonds is 7. The van der Waals surface area contributed by atoms with Crippen LogP contribution in [0, 0.1) is 6.92 Å². The van der Waals surface area contributed by atoms with Gasteiger partial charge in [-0.15, -0.1) is 0 Å². The van der Waals surface area contributed by atoms with Crippen molar-refractivity contribution in [2.75, 3.05) is 27.4 Å². The SMILES string of the molecule is COC(=O)c1ccc(OCCOc2cccc(C)c2)c(OC)c1. The van der Waals surface area contributed by atoms with Crippen LogP contribution in [0.5, 0.6) is 17.2 Å². The van der Waals surface area contributed by atoms with E-state index in [1.807, 2.05) is 31.2 Å². The summed E-state index contributed by atoms with van der Waals surface area (Å²) in [4.78, 5) is 11.5. The van der Waals surface area contributed by atoms with Gasteiger partial charge in [0.1, 0.15) is 19.0 Å². The monoisotopic (exact) mass is 316 g/mol. The summed E-state index contributed by atoms with van der Waals surface area (Å²) in [6.07, 6.45) is 0. The second-order valence-corrected chi connectivity index (χ2v) is 4.87. The van der Waals surface area contributed by atoms with E-state index in [1.54, 1.807) is 18.2 Å². The first-order chi connectivity index (χ1) is 11.1. The molecule has 0 aliphatic carbocycles. The predicted molar refractivity (Wildman–Crippen MR) is 86.5 cm³/mol. The molecule has 0 bridgehead atoms. The summed E-state index contributed by atoms with van der Waals surface area (Å²) in [5.41, 5.74) is 1.55. The molecule has 2 aromatic rings. The Morgan fingerprint density at radius 1 is 0.957 bits per heavy atom. The van der Waals surface area contributed by atoms with E-state index in [0.29, 0.717) is 30.3 Å². The molecular formula is C18H20O5. The Morgan fingerprint density at radius 3 is 2.43 bits per heavy atom. The molecule has 2 aromatic carbocycles. The highest BCUT2D eigenvalue weighted by Gasteiger charge is 2.11. The fourth-order valence-electron chi connectivity index (χ4n) is 2.05. The van der Waals surface area contributed by atoms with Crippen LogP contribution in [0.2, 0.25) is 0 Å². The Kier molecular flexibility index (Phi) is 5.86. The third-order valence-corrected chi connectivity index (χ3v) is 3.18. The van der Waals surface area contributed by atoms with Crippen LogP contribution >= 0.6 is 0 Å². The molecule has 0 saturated heterocycles. The molecule has 0 heterocycles. The number of carbonyl (C=O) groups is 1. The molecule has 0 aliphatic heterocycles. The number of aryl methyl sites for hydroxylation is 1. The number of benzene rings is 2. The van der Waals surface area contributed by atoms with Crippen LogP contribution < -0.4 is 14.2 Å². The van der Waals surface area contributed by atoms with E-state index in [2.05, 4.69) is 4.74 Å². The summed E-state index contributed by atoms with van der Waals surface area (Å²) in [6.45, 7) is 2.78. The van der Waals surface area contributed by atoms with E-state index in [4.69, 9.17) is 14.2 Å². The third-order valence-electron chi connectivity index (χ3n) is 3.18. The summed E-state index contributed by atoms with van der Waals surface area (Å²) < 4.78 is 21.2. The van der Waals surface area contributed by atoms with Gasteiger partial charge < -0.3 is 18.9 Å². The molecule has 0 atom stereocenters. The van der Waals surface area contributed by atoms with Gasteiger partial charge in [0.2, 0.25) is 0 Å². The van der Waals surface area contributed by atoms with Gasteiger partial charge >= 0.3 is 5.97 Å². The van der Waals surface area contributed by atoms with Crippen molar-refractivity contribution in [1.29, 1.82) is 0 Å². The lowest BCUT2D eigenvalue weighted by Gasteiger charge is -2.12. The van der Waals surface area contributed by atoms with E-state index in [-0.39, 0.29) is 0 Å². The predicted octanol–water partition coefficient (Wildman–Crippen LogP) is 3.25. The molecule has 0 saturated carbocycles. The van der Waals surface area contributed by atoms with Crippen LogP contribution in [-0.2, 0) is 4.74 Å². The first-order valence-electron chi connectivity index (χ1n) is 7.22. The van der Waals surface area contributed by atoms with Crippen molar-refractivity contribution in [2.24, 2.45) is 0 Å². The number of hydrogen-bond acceptors (Lipinski definition) is 5. The highest BCUT2D eigenvalue weighted by molar-refractivity contribution is 5.90. The summed E-state index contributed by atoms with van der Waals surface area (Å²) >= 11 is 0. The summed E-state index contributed by atoms with van der Waals surface area (Å²) in [7, 11) is 2.86. The van der Waals surface area contributed by atoms with Crippen LogP contribution in [0.1, 0.15) is 15.9 Å². The zero-order valence-electron chi connectivity index (χ0n) is 13.5. The van der Waals surface area contributed by atoms with Crippen LogP contribution in [0.3, 0.4) is 0 Å². The largest absolute Gasteiger partial charge is 0.493 e. The topological polar surface area (TPSA) is 54.0 Å². The number of methoxy groups -OCH3 is 2. The molecule has 0 amide bonds. The minimum atomic E-state index is -0.419. The average molecular weight is 316 g/mol. The maximum atomic E-state index is 11.5. The van der Waals surface area contributed by atoms with Gasteiger partial charge in [-0.3, -0.25) is 0 Å². The standard InChI is InChI=1S/C18H20O5/c1-13-5-4-6-15(11-13)22-9-10-23-16-8-7-14(18(19)21-3)12-17(16)20-2/h4-8,11-12H,9-10H2,1-3H3. The molecule has 0 N–H and O–H groups in total. The summed E-state index contributed by atoms with van der Waals surface area (Å²) in [6, 6.07) is 12.7. The van der Waals surface area contributed by atoms with Gasteiger partial charge in [-0.2, -0.15) is 0 Å².